The zero-order valence-electron chi connectivity index (χ0n) is 9.85. The minimum Gasteiger partial charge on any atom is -0.383 e. The molecule has 5 nitrogen and oxygen atoms in total. The summed E-state index contributed by atoms with van der Waals surface area (Å²) in [7, 11) is 1.58. The minimum atomic E-state index is -0.336. The minimum absolute atomic E-state index is 0.209. The fraction of sp³-hybridized carbons (Fsp3) is 0.417. The third-order valence-electron chi connectivity index (χ3n) is 3.08. The number of nitrogens with two attached hydrogens (primary N) is 1. The maximum Gasteiger partial charge on any atom is 0.253 e. The summed E-state index contributed by atoms with van der Waals surface area (Å²) >= 11 is 0. The van der Waals surface area contributed by atoms with Crippen molar-refractivity contribution >= 4 is 5.91 Å². The Balaban J connectivity index is 2.11. The number of carbonyl (C=O) groups is 1. The molecule has 0 aliphatic carbocycles. The molecule has 0 fully saturated rings. The molecule has 92 valence electrons. The Morgan fingerprint density at radius 3 is 2.53 bits per heavy atom. The van der Waals surface area contributed by atoms with Crippen LogP contribution in [0, 0.1) is 0 Å². The molecule has 0 saturated heterocycles. The smallest absolute Gasteiger partial charge is 0.253 e. The van der Waals surface area contributed by atoms with E-state index < -0.39 is 0 Å². The lowest BCUT2D eigenvalue weighted by molar-refractivity contribution is -0.128. The normalized spacial score (nSPS) is 16.6. The summed E-state index contributed by atoms with van der Waals surface area (Å²) < 4.78 is 5.08. The number of benzene rings is 1. The first-order chi connectivity index (χ1) is 8.26. The number of hydrogen-bond acceptors (Lipinski definition) is 4. The molecular formula is C12H17N3O2. The molecule has 0 radical (unpaired) electrons. The van der Waals surface area contributed by atoms with Crippen LogP contribution in [0.15, 0.2) is 24.3 Å². The number of nitrogens with one attached hydrogen (secondary N) is 1. The van der Waals surface area contributed by atoms with Crippen molar-refractivity contribution in [2.75, 3.05) is 13.7 Å². The van der Waals surface area contributed by atoms with Gasteiger partial charge in [0.05, 0.1) is 6.61 Å². The quantitative estimate of drug-likeness (QED) is 0.438. The van der Waals surface area contributed by atoms with Gasteiger partial charge < -0.3 is 4.74 Å². The lowest BCUT2D eigenvalue weighted by Gasteiger charge is -2.24. The molecule has 1 atom stereocenters. The second-order valence-electron chi connectivity index (χ2n) is 4.15. The molecule has 0 spiro atoms. The van der Waals surface area contributed by atoms with E-state index in [2.05, 4.69) is 22.5 Å². The average Bonchev–Trinajstić information content (AvgIpc) is 2.78. The van der Waals surface area contributed by atoms with Crippen molar-refractivity contribution in [2.24, 2.45) is 5.84 Å². The highest BCUT2D eigenvalue weighted by molar-refractivity contribution is 5.81. The summed E-state index contributed by atoms with van der Waals surface area (Å²) in [6, 6.07) is 7.85. The fourth-order valence-electron chi connectivity index (χ4n) is 2.18. The van der Waals surface area contributed by atoms with E-state index in [0.717, 1.165) is 13.1 Å². The number of hydrogen-bond donors (Lipinski definition) is 2. The Bertz CT molecular complexity index is 383. The van der Waals surface area contributed by atoms with Crippen molar-refractivity contribution in [3.8, 4) is 0 Å². The van der Waals surface area contributed by atoms with Gasteiger partial charge >= 0.3 is 0 Å². The SMILES string of the molecule is COCC(C(=O)NN)N1Cc2ccccc2C1. The van der Waals surface area contributed by atoms with Gasteiger partial charge in [0.15, 0.2) is 0 Å². The summed E-state index contributed by atoms with van der Waals surface area (Å²) in [5.74, 6) is 4.99. The lowest BCUT2D eigenvalue weighted by atomic mass is 10.1. The third-order valence-corrected chi connectivity index (χ3v) is 3.08. The molecule has 1 aliphatic rings. The van der Waals surface area contributed by atoms with Crippen LogP contribution in [-0.4, -0.2) is 30.6 Å². The fourth-order valence-corrected chi connectivity index (χ4v) is 2.18. The van der Waals surface area contributed by atoms with E-state index >= 15 is 0 Å². The summed E-state index contributed by atoms with van der Waals surface area (Å²) in [4.78, 5) is 13.7. The number of hydrazine groups is 1. The van der Waals surface area contributed by atoms with Crippen molar-refractivity contribution < 1.29 is 9.53 Å². The first kappa shape index (κ1) is 12.0. The number of carbonyl (C=O) groups excluding carboxylic acids is 1. The lowest BCUT2D eigenvalue weighted by Crippen LogP contribution is -2.49. The van der Waals surface area contributed by atoms with Crippen LogP contribution in [-0.2, 0) is 22.6 Å². The molecule has 1 aromatic carbocycles. The van der Waals surface area contributed by atoms with E-state index in [0.29, 0.717) is 6.61 Å². The number of rotatable bonds is 4. The topological polar surface area (TPSA) is 67.6 Å². The van der Waals surface area contributed by atoms with E-state index in [9.17, 15) is 4.79 Å². The highest BCUT2D eigenvalue weighted by Crippen LogP contribution is 2.24. The van der Waals surface area contributed by atoms with Gasteiger partial charge in [-0.05, 0) is 11.1 Å². The van der Waals surface area contributed by atoms with Crippen LogP contribution in [0.3, 0.4) is 0 Å². The van der Waals surface area contributed by atoms with Gasteiger partial charge in [-0.1, -0.05) is 24.3 Å². The molecule has 1 amide bonds. The van der Waals surface area contributed by atoms with Gasteiger partial charge in [-0.25, -0.2) is 5.84 Å². The monoisotopic (exact) mass is 235 g/mol. The molecule has 17 heavy (non-hydrogen) atoms. The van der Waals surface area contributed by atoms with Crippen LogP contribution in [0.2, 0.25) is 0 Å². The molecule has 1 heterocycles. The van der Waals surface area contributed by atoms with Crippen LogP contribution in [0.4, 0.5) is 0 Å². The Kier molecular flexibility index (Phi) is 3.73. The number of amides is 1. The van der Waals surface area contributed by atoms with E-state index in [1.54, 1.807) is 7.11 Å². The van der Waals surface area contributed by atoms with Crippen LogP contribution in [0.25, 0.3) is 0 Å². The predicted octanol–water partition coefficient (Wildman–Crippen LogP) is 0.00710. The first-order valence-corrected chi connectivity index (χ1v) is 5.56. The summed E-state index contributed by atoms with van der Waals surface area (Å²) in [5.41, 5.74) is 4.72. The first-order valence-electron chi connectivity index (χ1n) is 5.56. The third kappa shape index (κ3) is 2.46. The van der Waals surface area contributed by atoms with Gasteiger partial charge in [-0.3, -0.25) is 15.1 Å². The van der Waals surface area contributed by atoms with Crippen LogP contribution in [0.5, 0.6) is 0 Å². The molecule has 0 aromatic heterocycles. The summed E-state index contributed by atoms with van der Waals surface area (Å²) in [5, 5.41) is 0. The molecule has 1 unspecified atom stereocenters. The maximum atomic E-state index is 11.7. The number of fused-ring (bicyclic) bond motifs is 1. The van der Waals surface area contributed by atoms with Gasteiger partial charge in [0.25, 0.3) is 5.91 Å². The Hall–Kier alpha value is -1.43. The summed E-state index contributed by atoms with van der Waals surface area (Å²) in [6.07, 6.45) is 0. The molecule has 1 aromatic rings. The maximum absolute atomic E-state index is 11.7. The van der Waals surface area contributed by atoms with Gasteiger partial charge in [0.2, 0.25) is 0 Å². The van der Waals surface area contributed by atoms with E-state index in [1.165, 1.54) is 11.1 Å². The van der Waals surface area contributed by atoms with Gasteiger partial charge in [-0.2, -0.15) is 0 Å². The van der Waals surface area contributed by atoms with Gasteiger partial charge in [0.1, 0.15) is 6.04 Å². The largest absolute Gasteiger partial charge is 0.383 e. The highest BCUT2D eigenvalue weighted by Gasteiger charge is 2.30. The molecule has 0 bridgehead atoms. The average molecular weight is 235 g/mol. The van der Waals surface area contributed by atoms with Crippen LogP contribution >= 0.6 is 0 Å². The molecular weight excluding hydrogens is 218 g/mol. The number of methoxy groups -OCH3 is 1. The van der Waals surface area contributed by atoms with E-state index in [4.69, 9.17) is 10.6 Å². The highest BCUT2D eigenvalue weighted by atomic mass is 16.5. The van der Waals surface area contributed by atoms with E-state index in [1.807, 2.05) is 12.1 Å². The number of nitrogens with zero attached hydrogens (tertiary/aromatic N) is 1. The predicted molar refractivity (Wildman–Crippen MR) is 63.7 cm³/mol. The van der Waals surface area contributed by atoms with Crippen LogP contribution in [0.1, 0.15) is 11.1 Å². The molecule has 1 aliphatic heterocycles. The van der Waals surface area contributed by atoms with Crippen LogP contribution < -0.4 is 11.3 Å². The zero-order chi connectivity index (χ0) is 12.3. The Morgan fingerprint density at radius 1 is 1.47 bits per heavy atom. The molecule has 0 saturated carbocycles. The van der Waals surface area contributed by atoms with Gasteiger partial charge in [-0.15, -0.1) is 0 Å². The number of ether oxygens (including phenoxy) is 1. The molecule has 2 rings (SSSR count). The molecule has 5 heteroatoms. The molecule has 3 N–H and O–H groups in total. The Morgan fingerprint density at radius 2 is 2.06 bits per heavy atom. The van der Waals surface area contributed by atoms with Crippen molar-refractivity contribution in [3.05, 3.63) is 35.4 Å². The van der Waals surface area contributed by atoms with Gasteiger partial charge in [0, 0.05) is 20.2 Å². The van der Waals surface area contributed by atoms with E-state index in [-0.39, 0.29) is 11.9 Å². The van der Waals surface area contributed by atoms with Crippen molar-refractivity contribution in [3.63, 3.8) is 0 Å². The summed E-state index contributed by atoms with van der Waals surface area (Å²) in [6.45, 7) is 1.87. The second-order valence-corrected chi connectivity index (χ2v) is 4.15. The van der Waals surface area contributed by atoms with Crippen molar-refractivity contribution in [1.82, 2.24) is 10.3 Å². The van der Waals surface area contributed by atoms with Crippen molar-refractivity contribution in [1.29, 1.82) is 0 Å². The van der Waals surface area contributed by atoms with Crippen molar-refractivity contribution in [2.45, 2.75) is 19.1 Å². The Labute approximate surface area is 101 Å². The second kappa shape index (κ2) is 5.27. The standard InChI is InChI=1S/C12H17N3O2/c1-17-8-11(12(16)14-13)15-6-9-4-2-3-5-10(9)7-15/h2-5,11H,6-8,13H2,1H3,(H,14,16). The zero-order valence-corrected chi connectivity index (χ0v) is 9.85.